The summed E-state index contributed by atoms with van der Waals surface area (Å²) in [6, 6.07) is 7.19. The summed E-state index contributed by atoms with van der Waals surface area (Å²) < 4.78 is 0. The number of likely N-dealkylation sites (N-methyl/N-ethyl adjacent to an activating group) is 1. The largest absolute Gasteiger partial charge is 0.399 e. The molecule has 0 saturated carbocycles. The van der Waals surface area contributed by atoms with Crippen molar-refractivity contribution in [1.29, 1.82) is 0 Å². The summed E-state index contributed by atoms with van der Waals surface area (Å²) in [6.07, 6.45) is 0.184. The van der Waals surface area contributed by atoms with E-state index in [1.54, 1.807) is 12.1 Å². The van der Waals surface area contributed by atoms with E-state index in [4.69, 9.17) is 5.73 Å². The SMILES string of the molecule is CN1CCN(C(=O)CCC(O)c2cccc(N)c2)CC1. The molecular formula is C15H23N3O2. The Labute approximate surface area is 120 Å². The Morgan fingerprint density at radius 3 is 2.70 bits per heavy atom. The average molecular weight is 277 g/mol. The van der Waals surface area contributed by atoms with E-state index in [1.165, 1.54) is 0 Å². The quantitative estimate of drug-likeness (QED) is 0.801. The summed E-state index contributed by atoms with van der Waals surface area (Å²) in [5, 5.41) is 10.1. The number of hydrogen-bond donors (Lipinski definition) is 2. The van der Waals surface area contributed by atoms with Gasteiger partial charge < -0.3 is 20.6 Å². The van der Waals surface area contributed by atoms with Gasteiger partial charge in [0.1, 0.15) is 0 Å². The highest BCUT2D eigenvalue weighted by molar-refractivity contribution is 5.76. The monoisotopic (exact) mass is 277 g/mol. The van der Waals surface area contributed by atoms with Crippen molar-refractivity contribution in [2.45, 2.75) is 18.9 Å². The van der Waals surface area contributed by atoms with E-state index in [2.05, 4.69) is 11.9 Å². The van der Waals surface area contributed by atoms with Crippen molar-refractivity contribution in [3.8, 4) is 0 Å². The van der Waals surface area contributed by atoms with Crippen LogP contribution < -0.4 is 5.73 Å². The number of hydrogen-bond acceptors (Lipinski definition) is 4. The van der Waals surface area contributed by atoms with Crippen LogP contribution in [0.25, 0.3) is 0 Å². The van der Waals surface area contributed by atoms with Crippen LogP contribution in [0.2, 0.25) is 0 Å². The number of carbonyl (C=O) groups excluding carboxylic acids is 1. The summed E-state index contributed by atoms with van der Waals surface area (Å²) in [7, 11) is 2.06. The summed E-state index contributed by atoms with van der Waals surface area (Å²) in [4.78, 5) is 16.2. The minimum atomic E-state index is -0.630. The number of nitrogen functional groups attached to an aromatic ring is 1. The number of aliphatic hydroxyl groups excluding tert-OH is 1. The van der Waals surface area contributed by atoms with Crippen molar-refractivity contribution in [2.75, 3.05) is 39.0 Å². The highest BCUT2D eigenvalue weighted by Gasteiger charge is 2.20. The lowest BCUT2D eigenvalue weighted by Gasteiger charge is -2.32. The molecule has 0 aliphatic carbocycles. The number of benzene rings is 1. The lowest BCUT2D eigenvalue weighted by Crippen LogP contribution is -2.47. The first-order valence-electron chi connectivity index (χ1n) is 7.06. The van der Waals surface area contributed by atoms with Crippen LogP contribution >= 0.6 is 0 Å². The Morgan fingerprint density at radius 1 is 1.35 bits per heavy atom. The molecule has 1 aliphatic heterocycles. The van der Waals surface area contributed by atoms with Crippen molar-refractivity contribution in [3.63, 3.8) is 0 Å². The van der Waals surface area contributed by atoms with Gasteiger partial charge in [0.2, 0.25) is 5.91 Å². The number of aliphatic hydroxyl groups is 1. The van der Waals surface area contributed by atoms with Gasteiger partial charge in [-0.25, -0.2) is 0 Å². The first kappa shape index (κ1) is 14.8. The smallest absolute Gasteiger partial charge is 0.222 e. The fraction of sp³-hybridized carbons (Fsp3) is 0.533. The molecule has 110 valence electrons. The van der Waals surface area contributed by atoms with Crippen molar-refractivity contribution >= 4 is 11.6 Å². The molecule has 0 bridgehead atoms. The van der Waals surface area contributed by atoms with Crippen LogP contribution in [0.15, 0.2) is 24.3 Å². The van der Waals surface area contributed by atoms with Gasteiger partial charge in [-0.3, -0.25) is 4.79 Å². The molecule has 1 saturated heterocycles. The second kappa shape index (κ2) is 6.72. The molecule has 1 fully saturated rings. The standard InChI is InChI=1S/C15H23N3O2/c1-17-7-9-18(10-8-17)15(20)6-5-14(19)12-3-2-4-13(16)11-12/h2-4,11,14,19H,5-10,16H2,1H3. The van der Waals surface area contributed by atoms with Gasteiger partial charge in [-0.2, -0.15) is 0 Å². The second-order valence-corrected chi connectivity index (χ2v) is 5.41. The van der Waals surface area contributed by atoms with Crippen LogP contribution in [-0.2, 0) is 4.79 Å². The van der Waals surface area contributed by atoms with E-state index in [9.17, 15) is 9.90 Å². The van der Waals surface area contributed by atoms with E-state index in [1.807, 2.05) is 17.0 Å². The molecular weight excluding hydrogens is 254 g/mol. The number of piperazine rings is 1. The van der Waals surface area contributed by atoms with Gasteiger partial charge in [0.15, 0.2) is 0 Å². The molecule has 1 unspecified atom stereocenters. The van der Waals surface area contributed by atoms with Gasteiger partial charge in [0.25, 0.3) is 0 Å². The fourth-order valence-electron chi connectivity index (χ4n) is 2.41. The van der Waals surface area contributed by atoms with E-state index >= 15 is 0 Å². The fourth-order valence-corrected chi connectivity index (χ4v) is 2.41. The molecule has 1 aromatic carbocycles. The Bertz CT molecular complexity index is 456. The minimum Gasteiger partial charge on any atom is -0.399 e. The molecule has 0 spiro atoms. The number of amides is 1. The molecule has 1 aromatic rings. The zero-order valence-corrected chi connectivity index (χ0v) is 12.0. The predicted molar refractivity (Wildman–Crippen MR) is 79.1 cm³/mol. The molecule has 0 aromatic heterocycles. The van der Waals surface area contributed by atoms with Crippen molar-refractivity contribution in [3.05, 3.63) is 29.8 Å². The summed E-state index contributed by atoms with van der Waals surface area (Å²) in [5.41, 5.74) is 7.10. The predicted octanol–water partition coefficient (Wildman–Crippen LogP) is 0.856. The molecule has 20 heavy (non-hydrogen) atoms. The maximum atomic E-state index is 12.1. The molecule has 5 heteroatoms. The lowest BCUT2D eigenvalue weighted by atomic mass is 10.0. The van der Waals surface area contributed by atoms with Gasteiger partial charge in [-0.1, -0.05) is 12.1 Å². The van der Waals surface area contributed by atoms with Gasteiger partial charge in [-0.05, 0) is 31.2 Å². The summed E-state index contributed by atoms with van der Waals surface area (Å²) >= 11 is 0. The maximum Gasteiger partial charge on any atom is 0.222 e. The molecule has 1 heterocycles. The van der Waals surface area contributed by atoms with Crippen molar-refractivity contribution in [2.24, 2.45) is 0 Å². The molecule has 2 rings (SSSR count). The van der Waals surface area contributed by atoms with Gasteiger partial charge >= 0.3 is 0 Å². The number of nitrogens with zero attached hydrogens (tertiary/aromatic N) is 2. The Hall–Kier alpha value is -1.59. The van der Waals surface area contributed by atoms with Crippen LogP contribution in [-0.4, -0.2) is 54.0 Å². The third kappa shape index (κ3) is 3.95. The normalized spacial score (nSPS) is 18.0. The number of anilines is 1. The molecule has 0 radical (unpaired) electrons. The summed E-state index contributed by atoms with van der Waals surface area (Å²) in [6.45, 7) is 3.40. The lowest BCUT2D eigenvalue weighted by molar-refractivity contribution is -0.133. The van der Waals surface area contributed by atoms with E-state index in [-0.39, 0.29) is 5.91 Å². The van der Waals surface area contributed by atoms with Gasteiger partial charge in [0, 0.05) is 38.3 Å². The number of nitrogens with two attached hydrogens (primary N) is 1. The first-order chi connectivity index (χ1) is 9.56. The maximum absolute atomic E-state index is 12.1. The van der Waals surface area contributed by atoms with Crippen molar-refractivity contribution < 1.29 is 9.90 Å². The molecule has 1 aliphatic rings. The molecule has 1 amide bonds. The number of rotatable bonds is 4. The highest BCUT2D eigenvalue weighted by Crippen LogP contribution is 2.20. The van der Waals surface area contributed by atoms with Gasteiger partial charge in [-0.15, -0.1) is 0 Å². The number of carbonyl (C=O) groups is 1. The van der Waals surface area contributed by atoms with Crippen LogP contribution in [0.5, 0.6) is 0 Å². The van der Waals surface area contributed by atoms with E-state index < -0.39 is 6.10 Å². The third-order valence-corrected chi connectivity index (χ3v) is 3.78. The Kier molecular flexibility index (Phi) is 4.98. The van der Waals surface area contributed by atoms with Crippen LogP contribution in [0.3, 0.4) is 0 Å². The minimum absolute atomic E-state index is 0.126. The zero-order valence-electron chi connectivity index (χ0n) is 12.0. The Balaban J connectivity index is 1.81. The summed E-state index contributed by atoms with van der Waals surface area (Å²) in [5.74, 6) is 0.126. The molecule has 5 nitrogen and oxygen atoms in total. The van der Waals surface area contributed by atoms with E-state index in [0.717, 1.165) is 31.7 Å². The zero-order chi connectivity index (χ0) is 14.5. The Morgan fingerprint density at radius 2 is 2.05 bits per heavy atom. The van der Waals surface area contributed by atoms with Crippen LogP contribution in [0.4, 0.5) is 5.69 Å². The highest BCUT2D eigenvalue weighted by atomic mass is 16.3. The van der Waals surface area contributed by atoms with Crippen LogP contribution in [0.1, 0.15) is 24.5 Å². The second-order valence-electron chi connectivity index (χ2n) is 5.41. The van der Waals surface area contributed by atoms with Crippen LogP contribution in [0, 0.1) is 0 Å². The van der Waals surface area contributed by atoms with E-state index in [0.29, 0.717) is 18.5 Å². The molecule has 3 N–H and O–H groups in total. The first-order valence-corrected chi connectivity index (χ1v) is 7.06. The average Bonchev–Trinajstić information content (AvgIpc) is 2.45. The van der Waals surface area contributed by atoms with Crippen molar-refractivity contribution in [1.82, 2.24) is 9.80 Å². The third-order valence-electron chi connectivity index (χ3n) is 3.78. The van der Waals surface area contributed by atoms with Gasteiger partial charge in [0.05, 0.1) is 6.10 Å². The molecule has 1 atom stereocenters. The topological polar surface area (TPSA) is 69.8 Å².